The molecule has 2 rings (SSSR count). The third kappa shape index (κ3) is 4.57. The molecular weight excluding hydrogens is 228 g/mol. The van der Waals surface area contributed by atoms with E-state index in [1.165, 1.54) is 0 Å². The minimum atomic E-state index is -0.844. The first-order valence-corrected chi connectivity index (χ1v) is 6.23. The largest absolute Gasteiger partial charge is 0.361 e. The molecule has 4 heteroatoms. The zero-order valence-corrected chi connectivity index (χ0v) is 10.7. The van der Waals surface area contributed by atoms with Crippen LogP contribution in [-0.4, -0.2) is 29.3 Å². The van der Waals surface area contributed by atoms with Gasteiger partial charge in [-0.15, -0.1) is 0 Å². The summed E-state index contributed by atoms with van der Waals surface area (Å²) in [5, 5.41) is 0. The van der Waals surface area contributed by atoms with Crippen LogP contribution < -0.4 is 5.73 Å². The molecule has 1 saturated heterocycles. The lowest BCUT2D eigenvalue weighted by molar-refractivity contribution is -0.146. The van der Waals surface area contributed by atoms with Gasteiger partial charge in [0.15, 0.2) is 0 Å². The van der Waals surface area contributed by atoms with Gasteiger partial charge >= 0.3 is 11.8 Å². The van der Waals surface area contributed by atoms with Crippen molar-refractivity contribution in [2.24, 2.45) is 5.73 Å². The molecule has 2 N–H and O–H groups in total. The zero-order chi connectivity index (χ0) is 13.4. The van der Waals surface area contributed by atoms with Crippen molar-refractivity contribution in [1.82, 2.24) is 4.90 Å². The molecule has 0 aromatic heterocycles. The lowest BCUT2D eigenvalue weighted by atomic mass is 10.0. The lowest BCUT2D eigenvalue weighted by Gasteiger charge is -2.32. The van der Waals surface area contributed by atoms with Crippen molar-refractivity contribution in [3.63, 3.8) is 0 Å². The number of piperidine rings is 1. The van der Waals surface area contributed by atoms with E-state index in [1.54, 1.807) is 4.90 Å². The predicted octanol–water partition coefficient (Wildman–Crippen LogP) is 1.56. The van der Waals surface area contributed by atoms with Crippen LogP contribution in [0, 0.1) is 0 Å². The first-order chi connectivity index (χ1) is 8.63. The van der Waals surface area contributed by atoms with Crippen LogP contribution in [0.2, 0.25) is 0 Å². The zero-order valence-electron chi connectivity index (χ0n) is 10.7. The Bertz CT molecular complexity index is 352. The fourth-order valence-corrected chi connectivity index (χ4v) is 1.93. The maximum absolute atomic E-state index is 11.2. The minimum absolute atomic E-state index is 0.166. The summed E-state index contributed by atoms with van der Waals surface area (Å²) in [7, 11) is 0. The van der Waals surface area contributed by atoms with Gasteiger partial charge in [0, 0.05) is 12.6 Å². The Hall–Kier alpha value is -1.84. The monoisotopic (exact) mass is 248 g/mol. The van der Waals surface area contributed by atoms with Crippen molar-refractivity contribution in [1.29, 1.82) is 0 Å². The molecule has 0 aliphatic carbocycles. The third-order valence-electron chi connectivity index (χ3n) is 2.94. The van der Waals surface area contributed by atoms with Gasteiger partial charge in [0.05, 0.1) is 0 Å². The minimum Gasteiger partial charge on any atom is -0.361 e. The molecule has 1 aromatic rings. The SMILES string of the molecule is C[C@@H]1CCCCN1C(=O)C(N)=O.c1ccccc1. The Labute approximate surface area is 108 Å². The van der Waals surface area contributed by atoms with Gasteiger partial charge in [-0.3, -0.25) is 9.59 Å². The number of hydrogen-bond acceptors (Lipinski definition) is 2. The molecule has 0 unspecified atom stereocenters. The molecule has 0 saturated carbocycles. The maximum atomic E-state index is 11.2. The fourth-order valence-electron chi connectivity index (χ4n) is 1.93. The van der Waals surface area contributed by atoms with Gasteiger partial charge in [0.25, 0.3) is 0 Å². The average molecular weight is 248 g/mol. The van der Waals surface area contributed by atoms with Crippen molar-refractivity contribution in [3.8, 4) is 0 Å². The van der Waals surface area contributed by atoms with Crippen LogP contribution in [-0.2, 0) is 9.59 Å². The van der Waals surface area contributed by atoms with Crippen molar-refractivity contribution in [2.75, 3.05) is 6.54 Å². The summed E-state index contributed by atoms with van der Waals surface area (Å²) >= 11 is 0. The van der Waals surface area contributed by atoms with Crippen LogP contribution in [0.5, 0.6) is 0 Å². The summed E-state index contributed by atoms with van der Waals surface area (Å²) < 4.78 is 0. The highest BCUT2D eigenvalue weighted by Gasteiger charge is 2.25. The molecule has 18 heavy (non-hydrogen) atoms. The second-order valence-electron chi connectivity index (χ2n) is 4.36. The first-order valence-electron chi connectivity index (χ1n) is 6.23. The molecule has 1 fully saturated rings. The molecule has 1 aliphatic heterocycles. The number of nitrogens with zero attached hydrogens (tertiary/aromatic N) is 1. The summed E-state index contributed by atoms with van der Waals surface area (Å²) in [5.74, 6) is -1.38. The molecule has 1 atom stereocenters. The Morgan fingerprint density at radius 1 is 1.06 bits per heavy atom. The van der Waals surface area contributed by atoms with Gasteiger partial charge in [-0.25, -0.2) is 0 Å². The Kier molecular flexibility index (Phi) is 5.91. The second kappa shape index (κ2) is 7.48. The van der Waals surface area contributed by atoms with Gasteiger partial charge in [-0.2, -0.15) is 0 Å². The number of likely N-dealkylation sites (tertiary alicyclic amines) is 1. The highest BCUT2D eigenvalue weighted by atomic mass is 16.2. The van der Waals surface area contributed by atoms with E-state index >= 15 is 0 Å². The van der Waals surface area contributed by atoms with E-state index in [1.807, 2.05) is 43.3 Å². The summed E-state index contributed by atoms with van der Waals surface area (Å²) in [4.78, 5) is 23.3. The Morgan fingerprint density at radius 2 is 1.56 bits per heavy atom. The number of primary amides is 1. The number of amides is 2. The van der Waals surface area contributed by atoms with Crippen molar-refractivity contribution >= 4 is 11.8 Å². The molecule has 0 spiro atoms. The van der Waals surface area contributed by atoms with Crippen molar-refractivity contribution in [2.45, 2.75) is 32.2 Å². The average Bonchev–Trinajstić information content (AvgIpc) is 2.41. The van der Waals surface area contributed by atoms with Crippen molar-refractivity contribution < 1.29 is 9.59 Å². The first kappa shape index (κ1) is 14.2. The molecule has 0 radical (unpaired) electrons. The molecule has 0 bridgehead atoms. The van der Waals surface area contributed by atoms with E-state index in [-0.39, 0.29) is 6.04 Å². The van der Waals surface area contributed by atoms with Crippen LogP contribution in [0.15, 0.2) is 36.4 Å². The number of hydrogen-bond donors (Lipinski definition) is 1. The highest BCUT2D eigenvalue weighted by Crippen LogP contribution is 2.15. The fraction of sp³-hybridized carbons (Fsp3) is 0.429. The summed E-state index contributed by atoms with van der Waals surface area (Å²) in [6.07, 6.45) is 3.08. The molecule has 4 nitrogen and oxygen atoms in total. The van der Waals surface area contributed by atoms with Crippen LogP contribution in [0.3, 0.4) is 0 Å². The maximum Gasteiger partial charge on any atom is 0.311 e. The number of benzene rings is 1. The molecule has 1 aliphatic rings. The van der Waals surface area contributed by atoms with Gasteiger partial charge < -0.3 is 10.6 Å². The highest BCUT2D eigenvalue weighted by molar-refractivity contribution is 6.34. The smallest absolute Gasteiger partial charge is 0.311 e. The summed E-state index contributed by atoms with van der Waals surface area (Å²) in [5.41, 5.74) is 4.90. The summed E-state index contributed by atoms with van der Waals surface area (Å²) in [6, 6.07) is 12.2. The van der Waals surface area contributed by atoms with E-state index in [9.17, 15) is 9.59 Å². The Balaban J connectivity index is 0.000000225. The van der Waals surface area contributed by atoms with Crippen LogP contribution in [0.1, 0.15) is 26.2 Å². The molecule has 2 amide bonds. The number of rotatable bonds is 0. The topological polar surface area (TPSA) is 63.4 Å². The summed E-state index contributed by atoms with van der Waals surface area (Å²) in [6.45, 7) is 2.61. The van der Waals surface area contributed by atoms with E-state index < -0.39 is 11.8 Å². The van der Waals surface area contributed by atoms with E-state index in [2.05, 4.69) is 0 Å². The van der Waals surface area contributed by atoms with E-state index in [4.69, 9.17) is 5.73 Å². The lowest BCUT2D eigenvalue weighted by Crippen LogP contribution is -2.47. The number of nitrogens with two attached hydrogens (primary N) is 1. The van der Waals surface area contributed by atoms with Gasteiger partial charge in [0.2, 0.25) is 0 Å². The number of carbonyl (C=O) groups excluding carboxylic acids is 2. The van der Waals surface area contributed by atoms with Gasteiger partial charge in [-0.1, -0.05) is 36.4 Å². The quantitative estimate of drug-likeness (QED) is 0.708. The van der Waals surface area contributed by atoms with Crippen molar-refractivity contribution in [3.05, 3.63) is 36.4 Å². The van der Waals surface area contributed by atoms with E-state index in [0.29, 0.717) is 6.54 Å². The second-order valence-corrected chi connectivity index (χ2v) is 4.36. The molecule has 1 aromatic carbocycles. The standard InChI is InChI=1S/C8H14N2O2.C6H6/c1-6-4-2-3-5-10(6)8(12)7(9)11;1-2-4-6-5-3-1/h6H,2-5H2,1H3,(H2,9,11);1-6H/t6-;/m1./s1. The van der Waals surface area contributed by atoms with Gasteiger partial charge in [0.1, 0.15) is 0 Å². The molecular formula is C14H20N2O2. The molecule has 1 heterocycles. The van der Waals surface area contributed by atoms with Crippen LogP contribution >= 0.6 is 0 Å². The number of carbonyl (C=O) groups is 2. The van der Waals surface area contributed by atoms with Crippen LogP contribution in [0.4, 0.5) is 0 Å². The molecule has 98 valence electrons. The third-order valence-corrected chi connectivity index (χ3v) is 2.94. The predicted molar refractivity (Wildman–Crippen MR) is 70.7 cm³/mol. The normalized spacial score (nSPS) is 18.5. The van der Waals surface area contributed by atoms with Gasteiger partial charge in [-0.05, 0) is 26.2 Å². The van der Waals surface area contributed by atoms with Crippen LogP contribution in [0.25, 0.3) is 0 Å². The Morgan fingerprint density at radius 3 is 1.94 bits per heavy atom. The van der Waals surface area contributed by atoms with E-state index in [0.717, 1.165) is 19.3 Å².